The molecule has 0 bridgehead atoms. The molecule has 1 aliphatic carbocycles. The van der Waals surface area contributed by atoms with Gasteiger partial charge in [-0.05, 0) is 42.7 Å². The Morgan fingerprint density at radius 3 is 2.78 bits per heavy atom. The fraction of sp³-hybridized carbons (Fsp3) is 0.316. The molecule has 0 aliphatic heterocycles. The molecule has 1 aliphatic rings. The number of nitrogens with zero attached hydrogens (tertiary/aromatic N) is 4. The molecule has 1 fully saturated rings. The maximum Gasteiger partial charge on any atom is 0.191 e. The fourth-order valence-corrected chi connectivity index (χ4v) is 3.37. The molecule has 8 heteroatoms. The molecule has 1 aromatic carbocycles. The first-order valence-corrected chi connectivity index (χ1v) is 9.07. The van der Waals surface area contributed by atoms with Gasteiger partial charge in [0.15, 0.2) is 17.4 Å². The van der Waals surface area contributed by atoms with E-state index < -0.39 is 0 Å². The average molecular weight is 497 g/mol. The monoisotopic (exact) mass is 496 g/mol. The molecule has 2 N–H and O–H groups in total. The van der Waals surface area contributed by atoms with Gasteiger partial charge >= 0.3 is 0 Å². The summed E-state index contributed by atoms with van der Waals surface area (Å²) in [6.45, 7) is 1.38. The minimum absolute atomic E-state index is 0. The summed E-state index contributed by atoms with van der Waals surface area (Å²) in [4.78, 5) is 4.32. The fourth-order valence-electron chi connectivity index (χ4n) is 3.18. The van der Waals surface area contributed by atoms with Crippen LogP contribution < -0.4 is 10.6 Å². The summed E-state index contributed by atoms with van der Waals surface area (Å²) in [7, 11) is 1.77. The van der Waals surface area contributed by atoms with Crippen molar-refractivity contribution >= 4 is 47.2 Å². The van der Waals surface area contributed by atoms with E-state index in [1.807, 2.05) is 40.9 Å². The number of halogens is 2. The van der Waals surface area contributed by atoms with Crippen molar-refractivity contribution in [2.75, 3.05) is 13.6 Å². The third-order valence-corrected chi connectivity index (χ3v) is 5.14. The van der Waals surface area contributed by atoms with Crippen LogP contribution in [0.25, 0.3) is 5.65 Å². The van der Waals surface area contributed by atoms with Gasteiger partial charge in [-0.2, -0.15) is 0 Å². The minimum atomic E-state index is 0. The number of nitrogens with one attached hydrogen (secondary N) is 2. The van der Waals surface area contributed by atoms with Crippen LogP contribution in [0.15, 0.2) is 53.7 Å². The zero-order valence-corrected chi connectivity index (χ0v) is 18.1. The first kappa shape index (κ1) is 19.9. The van der Waals surface area contributed by atoms with Crippen LogP contribution in [0, 0.1) is 0 Å². The normalized spacial score (nSPS) is 15.3. The summed E-state index contributed by atoms with van der Waals surface area (Å²) in [5.41, 5.74) is 2.28. The number of pyridine rings is 1. The van der Waals surface area contributed by atoms with Gasteiger partial charge in [0, 0.05) is 30.2 Å². The van der Waals surface area contributed by atoms with Crippen LogP contribution in [0.5, 0.6) is 0 Å². The zero-order chi connectivity index (χ0) is 18.0. The summed E-state index contributed by atoms with van der Waals surface area (Å²) in [5.74, 6) is 1.60. The van der Waals surface area contributed by atoms with Gasteiger partial charge < -0.3 is 10.6 Å². The Balaban J connectivity index is 0.00000210. The van der Waals surface area contributed by atoms with Crippen LogP contribution in [-0.2, 0) is 12.0 Å². The smallest absolute Gasteiger partial charge is 0.191 e. The second kappa shape index (κ2) is 8.43. The highest BCUT2D eigenvalue weighted by Crippen LogP contribution is 2.48. The van der Waals surface area contributed by atoms with Crippen molar-refractivity contribution in [2.45, 2.75) is 24.8 Å². The molecule has 3 aromatic rings. The minimum Gasteiger partial charge on any atom is -0.356 e. The largest absolute Gasteiger partial charge is 0.356 e. The SMILES string of the molecule is CN=C(NCc1nnc2ccccn12)NCC1(c2cccc(Cl)c2)CC1.I. The third-order valence-electron chi connectivity index (χ3n) is 4.91. The Bertz CT molecular complexity index is 950. The molecular formula is C19H22ClIN6. The van der Waals surface area contributed by atoms with Gasteiger partial charge in [-0.1, -0.05) is 29.8 Å². The van der Waals surface area contributed by atoms with E-state index in [4.69, 9.17) is 11.6 Å². The molecule has 4 rings (SSSR count). The lowest BCUT2D eigenvalue weighted by Crippen LogP contribution is -2.41. The van der Waals surface area contributed by atoms with Gasteiger partial charge in [0.2, 0.25) is 0 Å². The van der Waals surface area contributed by atoms with Crippen LogP contribution in [0.2, 0.25) is 5.02 Å². The molecule has 0 unspecified atom stereocenters. The molecule has 0 saturated heterocycles. The van der Waals surface area contributed by atoms with Crippen molar-refractivity contribution in [3.8, 4) is 0 Å². The summed E-state index contributed by atoms with van der Waals surface area (Å²) in [5, 5.41) is 15.9. The highest BCUT2D eigenvalue weighted by Gasteiger charge is 2.44. The van der Waals surface area contributed by atoms with Gasteiger partial charge in [-0.15, -0.1) is 34.2 Å². The molecule has 0 spiro atoms. The quantitative estimate of drug-likeness (QED) is 0.323. The van der Waals surface area contributed by atoms with E-state index in [0.717, 1.165) is 41.8 Å². The predicted molar refractivity (Wildman–Crippen MR) is 119 cm³/mol. The molecular weight excluding hydrogens is 475 g/mol. The first-order valence-electron chi connectivity index (χ1n) is 8.69. The second-order valence-electron chi connectivity index (χ2n) is 6.62. The van der Waals surface area contributed by atoms with Crippen molar-refractivity contribution in [1.82, 2.24) is 25.2 Å². The number of hydrogen-bond donors (Lipinski definition) is 2. The van der Waals surface area contributed by atoms with Crippen molar-refractivity contribution in [3.05, 3.63) is 65.1 Å². The number of guanidine groups is 1. The molecule has 0 atom stereocenters. The summed E-state index contributed by atoms with van der Waals surface area (Å²) in [6.07, 6.45) is 4.28. The topological polar surface area (TPSA) is 66.6 Å². The van der Waals surface area contributed by atoms with Gasteiger partial charge in [0.05, 0.1) is 6.54 Å². The summed E-state index contributed by atoms with van der Waals surface area (Å²) >= 11 is 6.15. The Kier molecular flexibility index (Phi) is 6.21. The number of rotatable bonds is 5. The highest BCUT2D eigenvalue weighted by molar-refractivity contribution is 14.0. The lowest BCUT2D eigenvalue weighted by Gasteiger charge is -2.19. The first-order chi connectivity index (χ1) is 12.7. The lowest BCUT2D eigenvalue weighted by atomic mass is 9.96. The van der Waals surface area contributed by atoms with Crippen LogP contribution in [0.4, 0.5) is 0 Å². The summed E-state index contributed by atoms with van der Waals surface area (Å²) < 4.78 is 1.97. The molecule has 0 radical (unpaired) electrons. The van der Waals surface area contributed by atoms with E-state index in [1.54, 1.807) is 7.05 Å². The Morgan fingerprint density at radius 1 is 1.19 bits per heavy atom. The molecule has 142 valence electrons. The van der Waals surface area contributed by atoms with E-state index in [9.17, 15) is 0 Å². The van der Waals surface area contributed by atoms with Crippen molar-refractivity contribution < 1.29 is 0 Å². The number of aromatic nitrogens is 3. The molecule has 2 aromatic heterocycles. The zero-order valence-electron chi connectivity index (χ0n) is 15.0. The average Bonchev–Trinajstić information content (AvgIpc) is 3.35. The Labute approximate surface area is 180 Å². The van der Waals surface area contributed by atoms with E-state index in [2.05, 4.69) is 38.0 Å². The van der Waals surface area contributed by atoms with Crippen LogP contribution in [-0.4, -0.2) is 34.2 Å². The number of benzene rings is 1. The number of fused-ring (bicyclic) bond motifs is 1. The van der Waals surface area contributed by atoms with Crippen molar-refractivity contribution in [3.63, 3.8) is 0 Å². The predicted octanol–water partition coefficient (Wildman–Crippen LogP) is 3.40. The van der Waals surface area contributed by atoms with Crippen LogP contribution in [0.1, 0.15) is 24.2 Å². The molecule has 6 nitrogen and oxygen atoms in total. The molecule has 0 amide bonds. The van der Waals surface area contributed by atoms with Gasteiger partial charge in [-0.3, -0.25) is 9.39 Å². The Hall–Kier alpha value is -1.87. The maximum atomic E-state index is 6.15. The van der Waals surface area contributed by atoms with Crippen molar-refractivity contribution in [1.29, 1.82) is 0 Å². The standard InChI is InChI=1S/C19H21ClN6.HI/c1-21-18(22-12-17-25-24-16-7-2-3-10-26(16)17)23-13-19(8-9-19)14-5-4-6-15(20)11-14;/h2-7,10-11H,8-9,12-13H2,1H3,(H2,21,22,23);1H. The Morgan fingerprint density at radius 2 is 2.04 bits per heavy atom. The van der Waals surface area contributed by atoms with Gasteiger partial charge in [0.1, 0.15) is 0 Å². The molecule has 27 heavy (non-hydrogen) atoms. The molecule has 1 saturated carbocycles. The van der Waals surface area contributed by atoms with E-state index in [0.29, 0.717) is 6.54 Å². The number of aliphatic imine (C=N–C) groups is 1. The lowest BCUT2D eigenvalue weighted by molar-refractivity contribution is 0.642. The van der Waals surface area contributed by atoms with Crippen LogP contribution in [0.3, 0.4) is 0 Å². The van der Waals surface area contributed by atoms with E-state index in [-0.39, 0.29) is 29.4 Å². The van der Waals surface area contributed by atoms with E-state index in [1.165, 1.54) is 5.56 Å². The maximum absolute atomic E-state index is 6.15. The third kappa shape index (κ3) is 4.35. The molecule has 2 heterocycles. The van der Waals surface area contributed by atoms with Gasteiger partial charge in [-0.25, -0.2) is 0 Å². The van der Waals surface area contributed by atoms with Gasteiger partial charge in [0.25, 0.3) is 0 Å². The second-order valence-corrected chi connectivity index (χ2v) is 7.05. The van der Waals surface area contributed by atoms with Crippen LogP contribution >= 0.6 is 35.6 Å². The number of hydrogen-bond acceptors (Lipinski definition) is 3. The summed E-state index contributed by atoms with van der Waals surface area (Å²) in [6, 6.07) is 14.0. The van der Waals surface area contributed by atoms with Crippen molar-refractivity contribution in [2.24, 2.45) is 4.99 Å². The van der Waals surface area contributed by atoms with E-state index >= 15 is 0 Å². The highest BCUT2D eigenvalue weighted by atomic mass is 127.